The summed E-state index contributed by atoms with van der Waals surface area (Å²) in [5, 5.41) is 9.44. The predicted molar refractivity (Wildman–Crippen MR) is 79.8 cm³/mol. The van der Waals surface area contributed by atoms with Crippen LogP contribution >= 0.6 is 0 Å². The lowest BCUT2D eigenvalue weighted by molar-refractivity contribution is 0.100. The van der Waals surface area contributed by atoms with Gasteiger partial charge in [-0.05, 0) is 29.5 Å². The number of aliphatic hydroxyl groups excluding tert-OH is 1. The van der Waals surface area contributed by atoms with Crippen molar-refractivity contribution in [3.05, 3.63) is 0 Å². The molecule has 1 saturated heterocycles. The molecule has 0 amide bonds. The molecular formula is C15H30O3Si. The van der Waals surface area contributed by atoms with E-state index in [1.165, 1.54) is 0 Å². The van der Waals surface area contributed by atoms with E-state index in [2.05, 4.69) is 41.5 Å². The Labute approximate surface area is 118 Å². The van der Waals surface area contributed by atoms with Crippen molar-refractivity contribution in [2.45, 2.75) is 88.8 Å². The molecule has 3 atom stereocenters. The van der Waals surface area contributed by atoms with E-state index in [1.54, 1.807) is 0 Å². The van der Waals surface area contributed by atoms with Crippen LogP contribution in [0.1, 0.15) is 54.4 Å². The third-order valence-corrected chi connectivity index (χ3v) is 11.5. The van der Waals surface area contributed by atoms with Gasteiger partial charge in [0, 0.05) is 0 Å². The molecule has 1 heterocycles. The van der Waals surface area contributed by atoms with Gasteiger partial charge < -0.3 is 14.3 Å². The van der Waals surface area contributed by atoms with E-state index in [0.29, 0.717) is 16.6 Å². The summed E-state index contributed by atoms with van der Waals surface area (Å²) in [4.78, 5) is 0. The van der Waals surface area contributed by atoms with Gasteiger partial charge in [-0.1, -0.05) is 41.5 Å². The zero-order valence-corrected chi connectivity index (χ0v) is 14.3. The van der Waals surface area contributed by atoms with Crippen LogP contribution in [0.5, 0.6) is 0 Å². The highest BCUT2D eigenvalue weighted by Crippen LogP contribution is 2.53. The lowest BCUT2D eigenvalue weighted by Gasteiger charge is -2.44. The Kier molecular flexibility index (Phi) is 4.18. The molecule has 0 aromatic heterocycles. The Morgan fingerprint density at radius 1 is 1.16 bits per heavy atom. The van der Waals surface area contributed by atoms with Gasteiger partial charge in [0.2, 0.25) is 8.32 Å². The normalized spacial score (nSPS) is 34.4. The summed E-state index contributed by atoms with van der Waals surface area (Å²) in [5.74, 6) is 0. The minimum Gasteiger partial charge on any atom is -0.410 e. The fourth-order valence-electron chi connectivity index (χ4n) is 4.37. The maximum Gasteiger partial charge on any atom is 0.200 e. The summed E-state index contributed by atoms with van der Waals surface area (Å²) in [6.45, 7) is 14.0. The average molecular weight is 286 g/mol. The van der Waals surface area contributed by atoms with E-state index in [1.807, 2.05) is 0 Å². The van der Waals surface area contributed by atoms with Crippen LogP contribution in [0.3, 0.4) is 0 Å². The molecule has 0 aromatic carbocycles. The summed E-state index contributed by atoms with van der Waals surface area (Å²) in [6.07, 6.45) is 2.37. The van der Waals surface area contributed by atoms with Crippen LogP contribution in [0.25, 0.3) is 0 Å². The Morgan fingerprint density at radius 2 is 1.68 bits per heavy atom. The third kappa shape index (κ3) is 2.31. The molecule has 0 aromatic rings. The second-order valence-corrected chi connectivity index (χ2v) is 12.7. The number of epoxide rings is 1. The first-order valence-corrected chi connectivity index (χ1v) is 9.90. The van der Waals surface area contributed by atoms with Crippen molar-refractivity contribution in [2.75, 3.05) is 6.61 Å². The van der Waals surface area contributed by atoms with Gasteiger partial charge >= 0.3 is 0 Å². The van der Waals surface area contributed by atoms with Crippen LogP contribution in [0.15, 0.2) is 0 Å². The van der Waals surface area contributed by atoms with Crippen molar-refractivity contribution in [3.63, 3.8) is 0 Å². The topological polar surface area (TPSA) is 42.0 Å². The molecule has 19 heavy (non-hydrogen) atoms. The quantitative estimate of drug-likeness (QED) is 0.600. The Morgan fingerprint density at radius 3 is 2.00 bits per heavy atom. The van der Waals surface area contributed by atoms with Crippen molar-refractivity contribution in [1.29, 1.82) is 0 Å². The molecule has 1 N–H and O–H groups in total. The lowest BCUT2D eigenvalue weighted by Crippen LogP contribution is -2.50. The number of ether oxygens (including phenoxy) is 1. The lowest BCUT2D eigenvalue weighted by atomic mass is 10.1. The fourth-order valence-corrected chi connectivity index (χ4v) is 9.95. The van der Waals surface area contributed by atoms with Gasteiger partial charge in [0.25, 0.3) is 0 Å². The molecule has 0 radical (unpaired) electrons. The zero-order chi connectivity index (χ0) is 14.4. The summed E-state index contributed by atoms with van der Waals surface area (Å²) >= 11 is 0. The van der Waals surface area contributed by atoms with Crippen LogP contribution < -0.4 is 0 Å². The Bertz CT molecular complexity index is 308. The molecule has 0 spiro atoms. The fraction of sp³-hybridized carbons (Fsp3) is 1.00. The molecule has 2 aliphatic rings. The van der Waals surface area contributed by atoms with Crippen molar-refractivity contribution in [3.8, 4) is 0 Å². The first kappa shape index (κ1) is 15.5. The van der Waals surface area contributed by atoms with Crippen molar-refractivity contribution in [2.24, 2.45) is 0 Å². The first-order chi connectivity index (χ1) is 8.80. The third-order valence-electron chi connectivity index (χ3n) is 5.34. The molecule has 1 aliphatic carbocycles. The van der Waals surface area contributed by atoms with E-state index >= 15 is 0 Å². The van der Waals surface area contributed by atoms with Crippen molar-refractivity contribution >= 4 is 8.32 Å². The van der Waals surface area contributed by atoms with Gasteiger partial charge in [0.1, 0.15) is 11.7 Å². The second-order valence-electron chi connectivity index (χ2n) is 7.27. The summed E-state index contributed by atoms with van der Waals surface area (Å²) in [7, 11) is -1.82. The highest BCUT2D eigenvalue weighted by molar-refractivity contribution is 6.77. The number of fused-ring (bicyclic) bond motifs is 1. The second kappa shape index (κ2) is 5.13. The molecule has 1 saturated carbocycles. The summed E-state index contributed by atoms with van der Waals surface area (Å²) < 4.78 is 12.5. The monoisotopic (exact) mass is 286 g/mol. The average Bonchev–Trinajstić information content (AvgIpc) is 2.95. The Hall–Kier alpha value is 0.0969. The predicted octanol–water partition coefficient (Wildman–Crippen LogP) is 3.47. The molecule has 4 heteroatoms. The molecule has 1 aliphatic heterocycles. The number of hydrogen-bond donors (Lipinski definition) is 1. The van der Waals surface area contributed by atoms with Crippen LogP contribution in [0.4, 0.5) is 0 Å². The minimum absolute atomic E-state index is 0.150. The van der Waals surface area contributed by atoms with Crippen LogP contribution in [-0.2, 0) is 9.16 Å². The van der Waals surface area contributed by atoms with Gasteiger partial charge in [0.15, 0.2) is 0 Å². The van der Waals surface area contributed by atoms with Crippen LogP contribution in [0, 0.1) is 0 Å². The standard InChI is InChI=1S/C15H30O3Si/c1-10(2)19(11(3)4,12(5)6)18-13-7-8-15(9-16)14(13)17-15/h10-14,16H,7-9H2,1-6H3/t13-,14+,15+/m1/s1. The number of aliphatic hydroxyl groups is 1. The maximum absolute atomic E-state index is 9.44. The maximum atomic E-state index is 9.44. The summed E-state index contributed by atoms with van der Waals surface area (Å²) in [5.41, 5.74) is 1.58. The van der Waals surface area contributed by atoms with E-state index < -0.39 is 8.32 Å². The molecule has 2 rings (SSSR count). The highest BCUT2D eigenvalue weighted by atomic mass is 28.4. The largest absolute Gasteiger partial charge is 0.410 e. The minimum atomic E-state index is -1.82. The van der Waals surface area contributed by atoms with Crippen molar-refractivity contribution in [1.82, 2.24) is 0 Å². The highest BCUT2D eigenvalue weighted by Gasteiger charge is 2.66. The van der Waals surface area contributed by atoms with E-state index in [9.17, 15) is 5.11 Å². The molecule has 2 fully saturated rings. The number of rotatable bonds is 6. The van der Waals surface area contributed by atoms with E-state index in [4.69, 9.17) is 9.16 Å². The van der Waals surface area contributed by atoms with Gasteiger partial charge in [0.05, 0.1) is 12.7 Å². The smallest absolute Gasteiger partial charge is 0.200 e. The van der Waals surface area contributed by atoms with E-state index in [-0.39, 0.29) is 24.4 Å². The van der Waals surface area contributed by atoms with Crippen LogP contribution in [-0.4, -0.2) is 37.8 Å². The van der Waals surface area contributed by atoms with Gasteiger partial charge in [-0.3, -0.25) is 0 Å². The van der Waals surface area contributed by atoms with Gasteiger partial charge in [-0.2, -0.15) is 0 Å². The first-order valence-electron chi connectivity index (χ1n) is 7.76. The van der Waals surface area contributed by atoms with Gasteiger partial charge in [-0.15, -0.1) is 0 Å². The molecule has 0 bridgehead atoms. The van der Waals surface area contributed by atoms with Crippen LogP contribution in [0.2, 0.25) is 16.6 Å². The zero-order valence-electron chi connectivity index (χ0n) is 13.3. The SMILES string of the molecule is CC(C)[Si](O[C@@H]1CC[C@@]2(CO)O[C@@H]12)(C(C)C)C(C)C. The van der Waals surface area contributed by atoms with Gasteiger partial charge in [-0.25, -0.2) is 0 Å². The Balaban J connectivity index is 2.14. The molecular weight excluding hydrogens is 256 g/mol. The van der Waals surface area contributed by atoms with Crippen molar-refractivity contribution < 1.29 is 14.3 Å². The molecule has 3 nitrogen and oxygen atoms in total. The summed E-state index contributed by atoms with van der Waals surface area (Å²) in [6, 6.07) is 0. The molecule has 112 valence electrons. The van der Waals surface area contributed by atoms with E-state index in [0.717, 1.165) is 12.8 Å². The number of hydrogen-bond acceptors (Lipinski definition) is 3. The molecule has 0 unspecified atom stereocenters.